The third kappa shape index (κ3) is 3.68. The van der Waals surface area contributed by atoms with Crippen LogP contribution in [0.5, 0.6) is 5.75 Å². The Labute approximate surface area is 177 Å². The molecule has 9 heteroatoms. The monoisotopic (exact) mass is 425 g/mol. The first-order chi connectivity index (χ1) is 14.3. The fourth-order valence-corrected chi connectivity index (χ4v) is 4.30. The average molecular weight is 426 g/mol. The smallest absolute Gasteiger partial charge is 0.276 e. The second kappa shape index (κ2) is 7.91. The minimum absolute atomic E-state index is 0.0486. The summed E-state index contributed by atoms with van der Waals surface area (Å²) < 4.78 is 1.43. The number of aromatic nitrogens is 3. The van der Waals surface area contributed by atoms with Crippen LogP contribution in [0.15, 0.2) is 35.3 Å². The normalized spacial score (nSPS) is 13.9. The van der Waals surface area contributed by atoms with E-state index in [9.17, 15) is 14.7 Å². The van der Waals surface area contributed by atoms with Gasteiger partial charge >= 0.3 is 0 Å². The zero-order valence-electron chi connectivity index (χ0n) is 17.0. The summed E-state index contributed by atoms with van der Waals surface area (Å²) in [4.78, 5) is 27.3. The van der Waals surface area contributed by atoms with E-state index >= 15 is 0 Å². The number of amides is 1. The second-order valence-electron chi connectivity index (χ2n) is 7.60. The predicted octanol–water partition coefficient (Wildman–Crippen LogP) is 2.38. The van der Waals surface area contributed by atoms with Crippen LogP contribution in [0.25, 0.3) is 10.6 Å². The van der Waals surface area contributed by atoms with Gasteiger partial charge in [0.2, 0.25) is 5.43 Å². The number of nitrogens with one attached hydrogen (secondary N) is 1. The van der Waals surface area contributed by atoms with Crippen molar-refractivity contribution in [3.8, 4) is 16.3 Å². The van der Waals surface area contributed by atoms with Crippen LogP contribution < -0.4 is 10.9 Å². The Morgan fingerprint density at radius 3 is 2.63 bits per heavy atom. The number of aromatic hydroxyl groups is 1. The van der Waals surface area contributed by atoms with E-state index in [1.807, 2.05) is 45.0 Å². The van der Waals surface area contributed by atoms with Crippen molar-refractivity contribution < 1.29 is 9.90 Å². The predicted molar refractivity (Wildman–Crippen MR) is 116 cm³/mol. The summed E-state index contributed by atoms with van der Waals surface area (Å²) in [6.45, 7) is 6.79. The number of fused-ring (bicyclic) bond motifs is 1. The molecule has 156 valence electrons. The van der Waals surface area contributed by atoms with Gasteiger partial charge in [0, 0.05) is 31.7 Å². The van der Waals surface area contributed by atoms with Gasteiger partial charge in [0.15, 0.2) is 16.5 Å². The van der Waals surface area contributed by atoms with Crippen molar-refractivity contribution in [2.24, 2.45) is 0 Å². The van der Waals surface area contributed by atoms with Crippen molar-refractivity contribution in [2.45, 2.75) is 33.2 Å². The highest BCUT2D eigenvalue weighted by Gasteiger charge is 2.30. The highest BCUT2D eigenvalue weighted by molar-refractivity contribution is 7.14. The summed E-state index contributed by atoms with van der Waals surface area (Å²) in [5.74, 6) is -0.957. The van der Waals surface area contributed by atoms with Crippen LogP contribution in [0.2, 0.25) is 0 Å². The molecular formula is C21H23N5O3S. The average Bonchev–Trinajstić information content (AvgIpc) is 3.09. The van der Waals surface area contributed by atoms with Crippen LogP contribution in [-0.2, 0) is 6.42 Å². The summed E-state index contributed by atoms with van der Waals surface area (Å²) >= 11 is 1.30. The van der Waals surface area contributed by atoms with E-state index in [2.05, 4.69) is 15.6 Å². The zero-order chi connectivity index (χ0) is 21.4. The lowest BCUT2D eigenvalue weighted by Crippen LogP contribution is -2.38. The van der Waals surface area contributed by atoms with Gasteiger partial charge in [0.05, 0.1) is 5.56 Å². The van der Waals surface area contributed by atoms with Gasteiger partial charge in [-0.3, -0.25) is 14.3 Å². The summed E-state index contributed by atoms with van der Waals surface area (Å²) in [5, 5.41) is 20.1. The van der Waals surface area contributed by atoms with Crippen LogP contribution in [-0.4, -0.2) is 49.9 Å². The van der Waals surface area contributed by atoms with Crippen molar-refractivity contribution in [3.05, 3.63) is 62.5 Å². The van der Waals surface area contributed by atoms with Gasteiger partial charge in [-0.05, 0) is 26.3 Å². The van der Waals surface area contributed by atoms with Crippen LogP contribution in [0.1, 0.15) is 40.5 Å². The highest BCUT2D eigenvalue weighted by atomic mass is 32.1. The van der Waals surface area contributed by atoms with Crippen LogP contribution in [0, 0.1) is 6.92 Å². The van der Waals surface area contributed by atoms with E-state index < -0.39 is 11.2 Å². The molecule has 0 unspecified atom stereocenters. The number of hydrogen-bond acceptors (Lipinski definition) is 7. The number of hydrogen-bond donors (Lipinski definition) is 2. The van der Waals surface area contributed by atoms with Crippen LogP contribution in [0.3, 0.4) is 0 Å². The summed E-state index contributed by atoms with van der Waals surface area (Å²) in [6, 6.07) is 8.10. The number of aryl methyl sites for hydroxylation is 1. The van der Waals surface area contributed by atoms with Crippen molar-refractivity contribution in [2.75, 3.05) is 18.5 Å². The molecule has 0 aliphatic carbocycles. The van der Waals surface area contributed by atoms with E-state index in [1.54, 1.807) is 4.90 Å². The van der Waals surface area contributed by atoms with Crippen LogP contribution in [0.4, 0.5) is 0 Å². The molecule has 0 atom stereocenters. The highest BCUT2D eigenvalue weighted by Crippen LogP contribution is 2.26. The van der Waals surface area contributed by atoms with Gasteiger partial charge in [-0.2, -0.15) is 0 Å². The minimum Gasteiger partial charge on any atom is -0.502 e. The minimum atomic E-state index is -0.625. The van der Waals surface area contributed by atoms with Gasteiger partial charge in [-0.25, -0.2) is 0 Å². The first kappa shape index (κ1) is 20.1. The van der Waals surface area contributed by atoms with Crippen molar-refractivity contribution in [1.82, 2.24) is 19.8 Å². The number of carbonyl (C=O) groups is 1. The van der Waals surface area contributed by atoms with Crippen molar-refractivity contribution in [1.29, 1.82) is 0 Å². The molecule has 30 heavy (non-hydrogen) atoms. The summed E-state index contributed by atoms with van der Waals surface area (Å²) in [5.41, 5.74) is 4.90. The lowest BCUT2D eigenvalue weighted by molar-refractivity contribution is 0.0711. The van der Waals surface area contributed by atoms with E-state index in [4.69, 9.17) is 0 Å². The molecule has 1 aromatic carbocycles. The Morgan fingerprint density at radius 1 is 1.20 bits per heavy atom. The maximum Gasteiger partial charge on any atom is 0.276 e. The maximum absolute atomic E-state index is 12.9. The Balaban J connectivity index is 1.70. The van der Waals surface area contributed by atoms with E-state index in [-0.39, 0.29) is 23.2 Å². The number of nitrogens with zero attached hydrogens (tertiary/aromatic N) is 4. The van der Waals surface area contributed by atoms with Gasteiger partial charge in [-0.15, -0.1) is 10.2 Å². The molecule has 0 fully saturated rings. The molecule has 4 rings (SSSR count). The Morgan fingerprint density at radius 2 is 1.93 bits per heavy atom. The number of carbonyl (C=O) groups excluding carboxylic acids is 1. The van der Waals surface area contributed by atoms with Gasteiger partial charge < -0.3 is 15.4 Å². The van der Waals surface area contributed by atoms with Gasteiger partial charge in [0.25, 0.3) is 5.91 Å². The molecule has 0 spiro atoms. The first-order valence-electron chi connectivity index (χ1n) is 9.77. The molecule has 1 aliphatic heterocycles. The molecule has 2 N–H and O–H groups in total. The first-order valence-corrected chi connectivity index (χ1v) is 10.6. The zero-order valence-corrected chi connectivity index (χ0v) is 17.9. The number of benzene rings is 1. The molecule has 8 nitrogen and oxygen atoms in total. The molecule has 0 saturated carbocycles. The van der Waals surface area contributed by atoms with Crippen molar-refractivity contribution in [3.63, 3.8) is 0 Å². The molecule has 1 amide bonds. The second-order valence-corrected chi connectivity index (χ2v) is 8.66. The Hall–Kier alpha value is -3.20. The number of pyridine rings is 1. The van der Waals surface area contributed by atoms with Crippen LogP contribution >= 0.6 is 11.3 Å². The fourth-order valence-electron chi connectivity index (χ4n) is 3.42. The summed E-state index contributed by atoms with van der Waals surface area (Å²) in [7, 11) is 0. The molecule has 0 bridgehead atoms. The quantitative estimate of drug-likeness (QED) is 0.666. The summed E-state index contributed by atoms with van der Waals surface area (Å²) in [6.07, 6.45) is 2.13. The third-order valence-electron chi connectivity index (χ3n) is 5.08. The molecule has 3 aromatic rings. The maximum atomic E-state index is 12.9. The standard InChI is InChI=1S/C21H23N5O3S/c1-12(2)25-9-8-22-26-11-15(18(27)19(28)17(26)21(25)29)20-24-23-16(30-20)10-14-6-4-13(3)5-7-14/h4-7,11-12,22,28H,8-10H2,1-3H3. The number of rotatable bonds is 4. The topological polar surface area (TPSA) is 100 Å². The Bertz CT molecular complexity index is 1150. The molecule has 0 radical (unpaired) electrons. The lowest BCUT2D eigenvalue weighted by atomic mass is 10.1. The van der Waals surface area contributed by atoms with E-state index in [0.717, 1.165) is 10.6 Å². The Kier molecular flexibility index (Phi) is 5.29. The molecular weight excluding hydrogens is 402 g/mol. The molecule has 3 heterocycles. The van der Waals surface area contributed by atoms with Crippen molar-refractivity contribution >= 4 is 17.2 Å². The fraction of sp³-hybridized carbons (Fsp3) is 0.333. The molecule has 2 aromatic heterocycles. The molecule has 1 aliphatic rings. The largest absolute Gasteiger partial charge is 0.502 e. The third-order valence-corrected chi connectivity index (χ3v) is 6.03. The SMILES string of the molecule is Cc1ccc(Cc2nnc(-c3cn4c(c(O)c3=O)C(=O)N(C(C)C)CCN4)s2)cc1. The van der Waals surface area contributed by atoms with Gasteiger partial charge in [0.1, 0.15) is 5.01 Å². The lowest BCUT2D eigenvalue weighted by Gasteiger charge is -2.24. The van der Waals surface area contributed by atoms with E-state index in [1.165, 1.54) is 27.8 Å². The van der Waals surface area contributed by atoms with Gasteiger partial charge in [-0.1, -0.05) is 41.2 Å². The molecule has 0 saturated heterocycles. The van der Waals surface area contributed by atoms with E-state index in [0.29, 0.717) is 24.5 Å².